The highest BCUT2D eigenvalue weighted by Crippen LogP contribution is 2.41. The van der Waals surface area contributed by atoms with Crippen molar-refractivity contribution in [2.24, 2.45) is 5.11 Å². The van der Waals surface area contributed by atoms with Crippen LogP contribution < -0.4 is 4.74 Å². The van der Waals surface area contributed by atoms with Gasteiger partial charge in [-0.25, -0.2) is 4.79 Å². The van der Waals surface area contributed by atoms with E-state index in [-0.39, 0.29) is 17.7 Å². The minimum Gasteiger partial charge on any atom is -0.492 e. The van der Waals surface area contributed by atoms with Crippen molar-refractivity contribution in [1.29, 1.82) is 0 Å². The number of carbonyl (C=O) groups is 1. The Morgan fingerprint density at radius 3 is 3.00 bits per heavy atom. The lowest BCUT2D eigenvalue weighted by atomic mass is 9.86. The molecule has 0 unspecified atom stereocenters. The predicted octanol–water partition coefficient (Wildman–Crippen LogP) is 3.57. The quantitative estimate of drug-likeness (QED) is 0.279. The predicted molar refractivity (Wildman–Crippen MR) is 78.7 cm³/mol. The fourth-order valence-electron chi connectivity index (χ4n) is 2.22. The first-order valence-corrected chi connectivity index (χ1v) is 6.70. The summed E-state index contributed by atoms with van der Waals surface area (Å²) < 4.78 is 10.6. The smallest absolute Gasteiger partial charge is 0.340 e. The van der Waals surface area contributed by atoms with Gasteiger partial charge in [0.05, 0.1) is 13.2 Å². The Morgan fingerprint density at radius 2 is 2.33 bits per heavy atom. The Morgan fingerprint density at radius 1 is 1.57 bits per heavy atom. The second-order valence-corrected chi connectivity index (χ2v) is 5.34. The Labute approximate surface area is 123 Å². The summed E-state index contributed by atoms with van der Waals surface area (Å²) in [5.41, 5.74) is 10.2. The first-order chi connectivity index (χ1) is 9.99. The highest BCUT2D eigenvalue weighted by atomic mass is 16.5. The number of hydrogen-bond acceptors (Lipinski definition) is 4. The molecule has 1 aromatic rings. The molecule has 1 heterocycles. The van der Waals surface area contributed by atoms with Gasteiger partial charge in [-0.15, -0.1) is 0 Å². The molecule has 0 saturated carbocycles. The first-order valence-electron chi connectivity index (χ1n) is 6.70. The van der Waals surface area contributed by atoms with E-state index in [1.165, 1.54) is 6.08 Å². The molecule has 0 aliphatic carbocycles. The van der Waals surface area contributed by atoms with Crippen LogP contribution in [-0.2, 0) is 14.9 Å². The molecular weight excluding hydrogens is 270 g/mol. The molecule has 6 nitrogen and oxygen atoms in total. The molecule has 21 heavy (non-hydrogen) atoms. The van der Waals surface area contributed by atoms with Gasteiger partial charge in [-0.2, -0.15) is 0 Å². The fraction of sp³-hybridized carbons (Fsp3) is 0.400. The van der Waals surface area contributed by atoms with Crippen molar-refractivity contribution in [3.05, 3.63) is 45.5 Å². The molecule has 0 fully saturated rings. The lowest BCUT2D eigenvalue weighted by molar-refractivity contribution is -0.138. The third-order valence-electron chi connectivity index (χ3n) is 3.28. The highest BCUT2D eigenvalue weighted by Gasteiger charge is 2.32. The van der Waals surface area contributed by atoms with Crippen molar-refractivity contribution in [3.63, 3.8) is 0 Å². The summed E-state index contributed by atoms with van der Waals surface area (Å²) in [5, 5.41) is 3.41. The third-order valence-corrected chi connectivity index (χ3v) is 3.28. The van der Waals surface area contributed by atoms with Crippen LogP contribution in [0.4, 0.5) is 0 Å². The van der Waals surface area contributed by atoms with Crippen LogP contribution in [0.5, 0.6) is 5.75 Å². The first kappa shape index (κ1) is 14.9. The number of fused-ring (bicyclic) bond motifs is 1. The van der Waals surface area contributed by atoms with E-state index in [0.29, 0.717) is 12.2 Å². The van der Waals surface area contributed by atoms with Gasteiger partial charge in [0.1, 0.15) is 11.4 Å². The number of esters is 1. The van der Waals surface area contributed by atoms with Gasteiger partial charge in [0.2, 0.25) is 0 Å². The van der Waals surface area contributed by atoms with Crippen LogP contribution in [0, 0.1) is 0 Å². The fourth-order valence-corrected chi connectivity index (χ4v) is 2.22. The number of carbonyl (C=O) groups excluding carboxylic acids is 1. The molecule has 0 N–H and O–H groups in total. The maximum absolute atomic E-state index is 11.8. The van der Waals surface area contributed by atoms with Crippen LogP contribution in [-0.4, -0.2) is 19.2 Å². The molecule has 0 spiro atoms. The van der Waals surface area contributed by atoms with E-state index in [0.717, 1.165) is 11.3 Å². The van der Waals surface area contributed by atoms with Gasteiger partial charge in [-0.05, 0) is 18.5 Å². The van der Waals surface area contributed by atoms with Gasteiger partial charge >= 0.3 is 5.97 Å². The maximum Gasteiger partial charge on any atom is 0.340 e. The average Bonchev–Trinajstić information content (AvgIpc) is 2.75. The molecule has 1 aromatic carbocycles. The zero-order chi connectivity index (χ0) is 15.5. The molecule has 0 atom stereocenters. The van der Waals surface area contributed by atoms with Gasteiger partial charge in [0.15, 0.2) is 0 Å². The molecule has 0 saturated heterocycles. The van der Waals surface area contributed by atoms with E-state index < -0.39 is 5.97 Å². The van der Waals surface area contributed by atoms with Crippen LogP contribution in [0.3, 0.4) is 0 Å². The summed E-state index contributed by atoms with van der Waals surface area (Å²) in [6.07, 6.45) is 1.50. The summed E-state index contributed by atoms with van der Waals surface area (Å²) >= 11 is 0. The molecule has 0 bridgehead atoms. The van der Waals surface area contributed by atoms with Crippen LogP contribution in [0.25, 0.3) is 16.5 Å². The normalized spacial score (nSPS) is 15.7. The number of ether oxygens (including phenoxy) is 2. The number of hydrogen-bond donors (Lipinski definition) is 0. The second-order valence-electron chi connectivity index (χ2n) is 5.34. The molecule has 110 valence electrons. The van der Waals surface area contributed by atoms with E-state index in [2.05, 4.69) is 23.9 Å². The summed E-state index contributed by atoms with van der Waals surface area (Å²) in [6, 6.07) is 5.70. The SMILES string of the molecule is CCOC(=O)C(=Cc1cccc2c1OCC2(C)C)N=[N+]=[N-]. The largest absolute Gasteiger partial charge is 0.492 e. The summed E-state index contributed by atoms with van der Waals surface area (Å²) in [6.45, 7) is 6.66. The van der Waals surface area contributed by atoms with Gasteiger partial charge in [-0.3, -0.25) is 0 Å². The zero-order valence-corrected chi connectivity index (χ0v) is 12.3. The Hall–Kier alpha value is -2.46. The Kier molecular flexibility index (Phi) is 4.19. The third kappa shape index (κ3) is 3.01. The van der Waals surface area contributed by atoms with Crippen molar-refractivity contribution in [1.82, 2.24) is 0 Å². The van der Waals surface area contributed by atoms with Crippen molar-refractivity contribution in [2.75, 3.05) is 13.2 Å². The molecule has 0 amide bonds. The molecular formula is C15H17N3O3. The highest BCUT2D eigenvalue weighted by molar-refractivity contribution is 5.93. The van der Waals surface area contributed by atoms with E-state index in [1.54, 1.807) is 6.92 Å². The standard InChI is InChI=1S/C15H17N3O3/c1-4-20-14(19)12(17-18-16)8-10-6-5-7-11-13(10)21-9-15(11,2)3/h5-8H,4,9H2,1-3H3. The van der Waals surface area contributed by atoms with Crippen molar-refractivity contribution < 1.29 is 14.3 Å². The van der Waals surface area contributed by atoms with Crippen LogP contribution in [0.2, 0.25) is 0 Å². The van der Waals surface area contributed by atoms with Crippen molar-refractivity contribution in [3.8, 4) is 5.75 Å². The summed E-state index contributed by atoms with van der Waals surface area (Å²) in [5.74, 6) is 0.0719. The van der Waals surface area contributed by atoms with Gasteiger partial charge in [0, 0.05) is 21.5 Å². The number of nitrogens with zero attached hydrogens (tertiary/aromatic N) is 3. The summed E-state index contributed by atoms with van der Waals surface area (Å²) in [4.78, 5) is 14.4. The second kappa shape index (κ2) is 5.89. The number of benzene rings is 1. The lowest BCUT2D eigenvalue weighted by Gasteiger charge is -2.14. The molecule has 1 aliphatic rings. The molecule has 1 aliphatic heterocycles. The van der Waals surface area contributed by atoms with Gasteiger partial charge in [-0.1, -0.05) is 37.2 Å². The van der Waals surface area contributed by atoms with Crippen molar-refractivity contribution >= 4 is 12.0 Å². The molecule has 6 heteroatoms. The molecule has 2 rings (SSSR count). The van der Waals surface area contributed by atoms with Crippen LogP contribution in [0.1, 0.15) is 31.9 Å². The van der Waals surface area contributed by atoms with E-state index >= 15 is 0 Å². The van der Waals surface area contributed by atoms with E-state index in [1.807, 2.05) is 18.2 Å². The summed E-state index contributed by atoms with van der Waals surface area (Å²) in [7, 11) is 0. The minimum atomic E-state index is -0.648. The Bertz CT molecular complexity index is 644. The van der Waals surface area contributed by atoms with Crippen LogP contribution in [0.15, 0.2) is 29.0 Å². The van der Waals surface area contributed by atoms with Crippen molar-refractivity contribution in [2.45, 2.75) is 26.2 Å². The van der Waals surface area contributed by atoms with E-state index in [4.69, 9.17) is 15.0 Å². The molecule has 0 radical (unpaired) electrons. The van der Waals surface area contributed by atoms with Gasteiger partial charge in [0.25, 0.3) is 0 Å². The van der Waals surface area contributed by atoms with E-state index in [9.17, 15) is 4.79 Å². The number of rotatable bonds is 4. The monoisotopic (exact) mass is 287 g/mol. The zero-order valence-electron chi connectivity index (χ0n) is 12.3. The number of para-hydroxylation sites is 1. The van der Waals surface area contributed by atoms with Gasteiger partial charge < -0.3 is 9.47 Å². The minimum absolute atomic E-state index is 0.0816. The average molecular weight is 287 g/mol. The van der Waals surface area contributed by atoms with Crippen LogP contribution >= 0.6 is 0 Å². The number of azide groups is 1. The maximum atomic E-state index is 11.8. The topological polar surface area (TPSA) is 84.3 Å². The lowest BCUT2D eigenvalue weighted by Crippen LogP contribution is -2.18. The Balaban J connectivity index is 2.47. The molecule has 0 aromatic heterocycles.